The SMILES string of the molecule is COCCCc1cc(CN(C(=O)C2CCCNC2)C2CC2)cc(OCCN(C)C)c1. The van der Waals surface area contributed by atoms with Crippen LogP contribution in [0.4, 0.5) is 0 Å². The second kappa shape index (κ2) is 11.7. The molecule has 1 heterocycles. The van der Waals surface area contributed by atoms with Gasteiger partial charge < -0.3 is 24.6 Å². The Labute approximate surface area is 181 Å². The molecule has 1 saturated heterocycles. The lowest BCUT2D eigenvalue weighted by Crippen LogP contribution is -2.43. The Balaban J connectivity index is 1.71. The van der Waals surface area contributed by atoms with Gasteiger partial charge >= 0.3 is 0 Å². The fourth-order valence-electron chi connectivity index (χ4n) is 4.08. The predicted octanol–water partition coefficient (Wildman–Crippen LogP) is 2.70. The second-order valence-electron chi connectivity index (χ2n) is 8.97. The molecule has 1 aromatic rings. The average Bonchev–Trinajstić information content (AvgIpc) is 3.57. The number of nitrogens with one attached hydrogen (secondary N) is 1. The predicted molar refractivity (Wildman–Crippen MR) is 120 cm³/mol. The molecular formula is C24H39N3O3. The highest BCUT2D eigenvalue weighted by Gasteiger charge is 2.36. The van der Waals surface area contributed by atoms with E-state index in [-0.39, 0.29) is 5.92 Å². The van der Waals surface area contributed by atoms with E-state index in [9.17, 15) is 4.79 Å². The fourth-order valence-corrected chi connectivity index (χ4v) is 4.08. The highest BCUT2D eigenvalue weighted by molar-refractivity contribution is 5.80. The van der Waals surface area contributed by atoms with Crippen LogP contribution in [0.5, 0.6) is 5.75 Å². The zero-order chi connectivity index (χ0) is 21.3. The summed E-state index contributed by atoms with van der Waals surface area (Å²) in [6.07, 6.45) is 6.29. The highest BCUT2D eigenvalue weighted by atomic mass is 16.5. The zero-order valence-electron chi connectivity index (χ0n) is 19.0. The number of benzene rings is 1. The van der Waals surface area contributed by atoms with Gasteiger partial charge in [0.2, 0.25) is 5.91 Å². The van der Waals surface area contributed by atoms with Crippen LogP contribution in [0, 0.1) is 5.92 Å². The molecule has 3 rings (SSSR count). The molecule has 1 atom stereocenters. The van der Waals surface area contributed by atoms with Crippen LogP contribution in [0.3, 0.4) is 0 Å². The van der Waals surface area contributed by atoms with E-state index in [0.29, 0.717) is 25.1 Å². The van der Waals surface area contributed by atoms with Crippen molar-refractivity contribution in [2.75, 3.05) is 54.1 Å². The normalized spacial score (nSPS) is 19.1. The van der Waals surface area contributed by atoms with E-state index >= 15 is 0 Å². The standard InChI is InChI=1S/C24H39N3O3/c1-26(2)11-13-30-23-15-19(6-5-12-29-3)14-20(16-23)18-27(22-8-9-22)24(28)21-7-4-10-25-17-21/h14-16,21-22,25H,4-13,17-18H2,1-3H3. The number of ether oxygens (including phenoxy) is 2. The lowest BCUT2D eigenvalue weighted by molar-refractivity contribution is -0.137. The van der Waals surface area contributed by atoms with E-state index in [1.54, 1.807) is 7.11 Å². The van der Waals surface area contributed by atoms with Crippen LogP contribution in [0.25, 0.3) is 0 Å². The lowest BCUT2D eigenvalue weighted by Gasteiger charge is -2.30. The summed E-state index contributed by atoms with van der Waals surface area (Å²) in [5, 5.41) is 3.39. The number of rotatable bonds is 12. The van der Waals surface area contributed by atoms with E-state index in [1.807, 2.05) is 0 Å². The van der Waals surface area contributed by atoms with Gasteiger partial charge in [-0.15, -0.1) is 0 Å². The number of hydrogen-bond acceptors (Lipinski definition) is 5. The van der Waals surface area contributed by atoms with Crippen molar-refractivity contribution in [2.45, 2.75) is 51.1 Å². The summed E-state index contributed by atoms with van der Waals surface area (Å²) in [5.74, 6) is 1.36. The molecule has 0 radical (unpaired) electrons. The van der Waals surface area contributed by atoms with Gasteiger partial charge in [0.1, 0.15) is 12.4 Å². The molecule has 0 bridgehead atoms. The highest BCUT2D eigenvalue weighted by Crippen LogP contribution is 2.31. The minimum atomic E-state index is 0.125. The minimum absolute atomic E-state index is 0.125. The van der Waals surface area contributed by atoms with Gasteiger partial charge in [-0.05, 0) is 82.4 Å². The maximum atomic E-state index is 13.2. The average molecular weight is 418 g/mol. The molecule has 6 heteroatoms. The summed E-state index contributed by atoms with van der Waals surface area (Å²) in [7, 11) is 5.84. The van der Waals surface area contributed by atoms with Gasteiger partial charge in [-0.25, -0.2) is 0 Å². The number of hydrogen-bond donors (Lipinski definition) is 1. The third-order valence-electron chi connectivity index (χ3n) is 5.92. The van der Waals surface area contributed by atoms with E-state index < -0.39 is 0 Å². The van der Waals surface area contributed by atoms with Crippen molar-refractivity contribution in [3.63, 3.8) is 0 Å². The molecule has 0 aromatic heterocycles. The maximum absolute atomic E-state index is 13.2. The van der Waals surface area contributed by atoms with Gasteiger partial charge in [-0.2, -0.15) is 0 Å². The molecule has 1 N–H and O–H groups in total. The second-order valence-corrected chi connectivity index (χ2v) is 8.97. The Kier molecular flexibility index (Phi) is 8.97. The first-order chi connectivity index (χ1) is 14.6. The number of carbonyl (C=O) groups excluding carboxylic acids is 1. The van der Waals surface area contributed by atoms with Crippen molar-refractivity contribution >= 4 is 5.91 Å². The number of nitrogens with zero attached hydrogens (tertiary/aromatic N) is 2. The van der Waals surface area contributed by atoms with E-state index in [2.05, 4.69) is 47.4 Å². The Morgan fingerprint density at radius 3 is 2.60 bits per heavy atom. The first kappa shape index (κ1) is 23.0. The van der Waals surface area contributed by atoms with Gasteiger partial charge in [0.25, 0.3) is 0 Å². The molecule has 1 amide bonds. The van der Waals surface area contributed by atoms with Gasteiger partial charge in [0.15, 0.2) is 0 Å². The molecule has 2 fully saturated rings. The summed E-state index contributed by atoms with van der Waals surface area (Å²) >= 11 is 0. The Hall–Kier alpha value is -1.63. The molecule has 6 nitrogen and oxygen atoms in total. The zero-order valence-corrected chi connectivity index (χ0v) is 19.0. The van der Waals surface area contributed by atoms with Crippen LogP contribution in [-0.4, -0.2) is 75.8 Å². The molecule has 168 valence electrons. The van der Waals surface area contributed by atoms with Gasteiger partial charge in [-0.3, -0.25) is 4.79 Å². The van der Waals surface area contributed by atoms with Crippen LogP contribution in [0.15, 0.2) is 18.2 Å². The third-order valence-corrected chi connectivity index (χ3v) is 5.92. The number of piperidine rings is 1. The first-order valence-corrected chi connectivity index (χ1v) is 11.5. The number of amides is 1. The number of carbonyl (C=O) groups is 1. The van der Waals surface area contributed by atoms with Gasteiger partial charge in [0.05, 0.1) is 5.92 Å². The molecule has 1 aliphatic carbocycles. The first-order valence-electron chi connectivity index (χ1n) is 11.5. The molecule has 2 aliphatic rings. The van der Waals surface area contributed by atoms with Gasteiger partial charge in [-0.1, -0.05) is 6.07 Å². The van der Waals surface area contributed by atoms with Crippen LogP contribution in [0.1, 0.15) is 43.2 Å². The molecule has 1 saturated carbocycles. The molecule has 30 heavy (non-hydrogen) atoms. The summed E-state index contributed by atoms with van der Waals surface area (Å²) in [5.41, 5.74) is 2.43. The van der Waals surface area contributed by atoms with E-state index in [4.69, 9.17) is 9.47 Å². The lowest BCUT2D eigenvalue weighted by atomic mass is 9.97. The van der Waals surface area contributed by atoms with Crippen LogP contribution in [-0.2, 0) is 22.5 Å². The number of aryl methyl sites for hydroxylation is 1. The summed E-state index contributed by atoms with van der Waals surface area (Å²) < 4.78 is 11.3. The molecule has 1 unspecified atom stereocenters. The van der Waals surface area contributed by atoms with Crippen molar-refractivity contribution in [3.05, 3.63) is 29.3 Å². The smallest absolute Gasteiger partial charge is 0.227 e. The van der Waals surface area contributed by atoms with Gasteiger partial charge in [0, 0.05) is 39.4 Å². The van der Waals surface area contributed by atoms with Crippen LogP contribution >= 0.6 is 0 Å². The van der Waals surface area contributed by atoms with E-state index in [1.165, 1.54) is 11.1 Å². The topological polar surface area (TPSA) is 54.0 Å². The molecular weight excluding hydrogens is 378 g/mol. The minimum Gasteiger partial charge on any atom is -0.492 e. The van der Waals surface area contributed by atoms with Crippen molar-refractivity contribution < 1.29 is 14.3 Å². The monoisotopic (exact) mass is 417 g/mol. The fraction of sp³-hybridized carbons (Fsp3) is 0.708. The van der Waals surface area contributed by atoms with E-state index in [0.717, 1.165) is 70.5 Å². The summed E-state index contributed by atoms with van der Waals surface area (Å²) in [6.45, 7) is 4.82. The quantitative estimate of drug-likeness (QED) is 0.530. The van der Waals surface area contributed by atoms with Crippen LogP contribution in [0.2, 0.25) is 0 Å². The molecule has 1 aliphatic heterocycles. The Bertz CT molecular complexity index is 670. The van der Waals surface area contributed by atoms with Crippen molar-refractivity contribution in [1.82, 2.24) is 15.1 Å². The number of likely N-dealkylation sites (N-methyl/N-ethyl adjacent to an activating group) is 1. The molecule has 1 aromatic carbocycles. The summed E-state index contributed by atoms with van der Waals surface area (Å²) in [6, 6.07) is 6.92. The number of methoxy groups -OCH3 is 1. The van der Waals surface area contributed by atoms with Crippen molar-refractivity contribution in [3.8, 4) is 5.75 Å². The Morgan fingerprint density at radius 2 is 1.93 bits per heavy atom. The van der Waals surface area contributed by atoms with Crippen LogP contribution < -0.4 is 10.1 Å². The Morgan fingerprint density at radius 1 is 1.13 bits per heavy atom. The van der Waals surface area contributed by atoms with Crippen molar-refractivity contribution in [1.29, 1.82) is 0 Å². The summed E-state index contributed by atoms with van der Waals surface area (Å²) in [4.78, 5) is 17.5. The largest absolute Gasteiger partial charge is 0.492 e. The maximum Gasteiger partial charge on any atom is 0.227 e. The van der Waals surface area contributed by atoms with Crippen molar-refractivity contribution in [2.24, 2.45) is 5.92 Å². The molecule has 0 spiro atoms. The third kappa shape index (κ3) is 7.25.